The molecule has 17 heavy (non-hydrogen) atoms. The molecule has 2 heterocycles. The largest absolute Gasteiger partial charge is 0.313 e. The molecule has 0 saturated carbocycles. The van der Waals surface area contributed by atoms with Crippen LogP contribution in [-0.4, -0.2) is 40.5 Å². The predicted molar refractivity (Wildman–Crippen MR) is 68.7 cm³/mol. The zero-order valence-corrected chi connectivity index (χ0v) is 10.8. The first-order chi connectivity index (χ1) is 8.28. The van der Waals surface area contributed by atoms with Gasteiger partial charge in [-0.3, -0.25) is 14.9 Å². The second-order valence-corrected chi connectivity index (χ2v) is 4.80. The average molecular weight is 234 g/mol. The normalized spacial score (nSPS) is 22.4. The second kappa shape index (κ2) is 6.07. The Morgan fingerprint density at radius 1 is 1.41 bits per heavy atom. The molecular weight excluding hydrogens is 212 g/mol. The number of hydrogen-bond donors (Lipinski definition) is 1. The lowest BCUT2D eigenvalue weighted by molar-refractivity contribution is 0.254. The highest BCUT2D eigenvalue weighted by Crippen LogP contribution is 2.07. The van der Waals surface area contributed by atoms with Crippen LogP contribution < -0.4 is 5.32 Å². The summed E-state index contributed by atoms with van der Waals surface area (Å²) < 4.78 is 0. The van der Waals surface area contributed by atoms with E-state index in [9.17, 15) is 0 Å². The first-order valence-corrected chi connectivity index (χ1v) is 6.51. The SMILES string of the molecule is CCC1CN(Cc2cnc(C)cn2)CCCN1. The van der Waals surface area contributed by atoms with Gasteiger partial charge in [-0.05, 0) is 32.9 Å². The highest BCUT2D eigenvalue weighted by atomic mass is 15.2. The van der Waals surface area contributed by atoms with Crippen LogP contribution in [0.1, 0.15) is 31.2 Å². The molecule has 0 amide bonds. The molecule has 0 aromatic carbocycles. The Kier molecular flexibility index (Phi) is 4.45. The molecule has 1 aliphatic rings. The third kappa shape index (κ3) is 3.75. The zero-order valence-electron chi connectivity index (χ0n) is 10.8. The van der Waals surface area contributed by atoms with Crippen LogP contribution in [0.2, 0.25) is 0 Å². The molecule has 0 radical (unpaired) electrons. The minimum absolute atomic E-state index is 0.621. The summed E-state index contributed by atoms with van der Waals surface area (Å²) in [6.45, 7) is 8.54. The Bertz CT molecular complexity index is 336. The minimum Gasteiger partial charge on any atom is -0.313 e. The highest BCUT2D eigenvalue weighted by molar-refractivity contribution is 5.00. The Morgan fingerprint density at radius 3 is 3.00 bits per heavy atom. The maximum absolute atomic E-state index is 4.43. The van der Waals surface area contributed by atoms with Gasteiger partial charge in [-0.25, -0.2) is 0 Å². The first kappa shape index (κ1) is 12.5. The third-order valence-electron chi connectivity index (χ3n) is 3.28. The van der Waals surface area contributed by atoms with Crippen molar-refractivity contribution in [3.8, 4) is 0 Å². The number of aryl methyl sites for hydroxylation is 1. The van der Waals surface area contributed by atoms with Gasteiger partial charge in [0.25, 0.3) is 0 Å². The molecule has 0 bridgehead atoms. The van der Waals surface area contributed by atoms with Crippen LogP contribution in [0.5, 0.6) is 0 Å². The molecule has 4 heteroatoms. The van der Waals surface area contributed by atoms with E-state index in [0.29, 0.717) is 6.04 Å². The fraction of sp³-hybridized carbons (Fsp3) is 0.692. The smallest absolute Gasteiger partial charge is 0.0727 e. The van der Waals surface area contributed by atoms with Crippen molar-refractivity contribution in [2.75, 3.05) is 19.6 Å². The summed E-state index contributed by atoms with van der Waals surface area (Å²) >= 11 is 0. The van der Waals surface area contributed by atoms with Crippen LogP contribution in [0.15, 0.2) is 12.4 Å². The Morgan fingerprint density at radius 2 is 2.29 bits per heavy atom. The van der Waals surface area contributed by atoms with Crippen molar-refractivity contribution in [3.63, 3.8) is 0 Å². The van der Waals surface area contributed by atoms with Crippen LogP contribution in [-0.2, 0) is 6.54 Å². The van der Waals surface area contributed by atoms with Gasteiger partial charge in [-0.1, -0.05) is 6.92 Å². The van der Waals surface area contributed by atoms with E-state index < -0.39 is 0 Å². The van der Waals surface area contributed by atoms with Crippen LogP contribution in [0.3, 0.4) is 0 Å². The van der Waals surface area contributed by atoms with Crippen molar-refractivity contribution >= 4 is 0 Å². The quantitative estimate of drug-likeness (QED) is 0.857. The Balaban J connectivity index is 1.94. The van der Waals surface area contributed by atoms with Gasteiger partial charge >= 0.3 is 0 Å². The van der Waals surface area contributed by atoms with Gasteiger partial charge in [0.15, 0.2) is 0 Å². The van der Waals surface area contributed by atoms with Crippen molar-refractivity contribution in [3.05, 3.63) is 23.8 Å². The molecule has 1 unspecified atom stereocenters. The lowest BCUT2D eigenvalue weighted by Gasteiger charge is -2.23. The number of rotatable bonds is 3. The molecule has 1 fully saturated rings. The summed E-state index contributed by atoms with van der Waals surface area (Å²) in [5, 5.41) is 3.58. The molecule has 4 nitrogen and oxygen atoms in total. The van der Waals surface area contributed by atoms with Gasteiger partial charge in [-0.15, -0.1) is 0 Å². The molecule has 1 atom stereocenters. The van der Waals surface area contributed by atoms with Crippen LogP contribution in [0, 0.1) is 6.92 Å². The van der Waals surface area contributed by atoms with Crippen molar-refractivity contribution in [1.29, 1.82) is 0 Å². The van der Waals surface area contributed by atoms with Crippen molar-refractivity contribution in [2.45, 2.75) is 39.3 Å². The van der Waals surface area contributed by atoms with E-state index in [0.717, 1.165) is 37.6 Å². The van der Waals surface area contributed by atoms with E-state index in [1.54, 1.807) is 0 Å². The number of nitrogens with zero attached hydrogens (tertiary/aromatic N) is 3. The lowest BCUT2D eigenvalue weighted by atomic mass is 10.2. The van der Waals surface area contributed by atoms with Crippen LogP contribution >= 0.6 is 0 Å². The van der Waals surface area contributed by atoms with Crippen LogP contribution in [0.4, 0.5) is 0 Å². The predicted octanol–water partition coefficient (Wildman–Crippen LogP) is 1.36. The summed E-state index contributed by atoms with van der Waals surface area (Å²) in [7, 11) is 0. The van der Waals surface area contributed by atoms with E-state index in [1.165, 1.54) is 12.8 Å². The van der Waals surface area contributed by atoms with Crippen molar-refractivity contribution in [1.82, 2.24) is 20.2 Å². The molecule has 1 aliphatic heterocycles. The summed E-state index contributed by atoms with van der Waals surface area (Å²) in [5.41, 5.74) is 2.06. The van der Waals surface area contributed by atoms with Gasteiger partial charge < -0.3 is 5.32 Å². The number of aromatic nitrogens is 2. The monoisotopic (exact) mass is 234 g/mol. The minimum atomic E-state index is 0.621. The Labute approximate surface area is 103 Å². The topological polar surface area (TPSA) is 41.1 Å². The molecule has 1 aromatic rings. The first-order valence-electron chi connectivity index (χ1n) is 6.51. The fourth-order valence-corrected chi connectivity index (χ4v) is 2.22. The summed E-state index contributed by atoms with van der Waals surface area (Å²) in [4.78, 5) is 11.2. The van der Waals surface area contributed by atoms with Gasteiger partial charge in [0.05, 0.1) is 11.4 Å². The molecule has 0 aliphatic carbocycles. The fourth-order valence-electron chi connectivity index (χ4n) is 2.22. The molecule has 2 rings (SSSR count). The van der Waals surface area contributed by atoms with Gasteiger partial charge in [0.1, 0.15) is 0 Å². The maximum Gasteiger partial charge on any atom is 0.0727 e. The molecule has 94 valence electrons. The van der Waals surface area contributed by atoms with Gasteiger partial charge in [0, 0.05) is 31.5 Å². The van der Waals surface area contributed by atoms with Gasteiger partial charge in [-0.2, -0.15) is 0 Å². The summed E-state index contributed by atoms with van der Waals surface area (Å²) in [6.07, 6.45) is 6.16. The molecule has 1 N–H and O–H groups in total. The summed E-state index contributed by atoms with van der Waals surface area (Å²) in [5.74, 6) is 0. The van der Waals surface area contributed by atoms with Crippen LogP contribution in [0.25, 0.3) is 0 Å². The number of hydrogen-bond acceptors (Lipinski definition) is 4. The molecule has 1 aromatic heterocycles. The molecule has 0 spiro atoms. The Hall–Kier alpha value is -1.00. The van der Waals surface area contributed by atoms with E-state index >= 15 is 0 Å². The standard InChI is InChI=1S/C13H22N4/c1-3-12-9-17(6-4-5-14-12)10-13-8-15-11(2)7-16-13/h7-8,12,14H,3-6,9-10H2,1-2H3. The van der Waals surface area contributed by atoms with Crippen molar-refractivity contribution in [2.24, 2.45) is 0 Å². The zero-order chi connectivity index (χ0) is 12.1. The average Bonchev–Trinajstić information content (AvgIpc) is 2.57. The lowest BCUT2D eigenvalue weighted by Crippen LogP contribution is -2.36. The van der Waals surface area contributed by atoms with E-state index in [-0.39, 0.29) is 0 Å². The van der Waals surface area contributed by atoms with E-state index in [2.05, 4.69) is 27.1 Å². The summed E-state index contributed by atoms with van der Waals surface area (Å²) in [6, 6.07) is 0.621. The van der Waals surface area contributed by atoms with Gasteiger partial charge in [0.2, 0.25) is 0 Å². The maximum atomic E-state index is 4.43. The number of nitrogens with one attached hydrogen (secondary N) is 1. The van der Waals surface area contributed by atoms with E-state index in [4.69, 9.17) is 0 Å². The highest BCUT2D eigenvalue weighted by Gasteiger charge is 2.16. The van der Waals surface area contributed by atoms with E-state index in [1.807, 2.05) is 19.3 Å². The molecule has 1 saturated heterocycles. The molecular formula is C13H22N4. The third-order valence-corrected chi connectivity index (χ3v) is 3.28. The second-order valence-electron chi connectivity index (χ2n) is 4.80. The van der Waals surface area contributed by atoms with Crippen molar-refractivity contribution < 1.29 is 0 Å².